The molecule has 1 fully saturated rings. The zero-order valence-electron chi connectivity index (χ0n) is 8.37. The van der Waals surface area contributed by atoms with Gasteiger partial charge in [0.05, 0.1) is 0 Å². The van der Waals surface area contributed by atoms with Gasteiger partial charge in [0, 0.05) is 0 Å². The number of hydrogen-bond acceptors (Lipinski definition) is 3. The Kier molecular flexibility index (Phi) is 3.14. The average Bonchev–Trinajstić information content (AvgIpc) is 2.14. The van der Waals surface area contributed by atoms with E-state index in [1.807, 2.05) is 0 Å². The fraction of sp³-hybridized carbons (Fsp3) is 0.364. The van der Waals surface area contributed by atoms with Crippen molar-refractivity contribution in [3.8, 4) is 5.75 Å². The molecule has 1 aromatic rings. The van der Waals surface area contributed by atoms with Gasteiger partial charge in [-0.3, -0.25) is 0 Å². The van der Waals surface area contributed by atoms with Crippen molar-refractivity contribution in [3.63, 3.8) is 0 Å². The molecule has 0 amide bonds. The van der Waals surface area contributed by atoms with Crippen molar-refractivity contribution in [1.82, 2.24) is 0 Å². The SMILES string of the molecule is COC(=O)c1ccc(O)cc1C1CC[I-]1. The third-order valence-corrected chi connectivity index (χ3v) is 6.04. The molecular weight excluding hydrogens is 307 g/mol. The first-order chi connectivity index (χ1) is 7.22. The molecule has 1 N–H and O–H groups in total. The second-order valence-corrected chi connectivity index (χ2v) is 6.83. The Bertz CT molecular complexity index is 385. The van der Waals surface area contributed by atoms with Gasteiger partial charge in [0.15, 0.2) is 0 Å². The van der Waals surface area contributed by atoms with Crippen molar-refractivity contribution in [1.29, 1.82) is 0 Å². The first-order valence-corrected chi connectivity index (χ1v) is 7.48. The number of phenolic OH excluding ortho intramolecular Hbond substituents is 1. The van der Waals surface area contributed by atoms with E-state index in [4.69, 9.17) is 4.74 Å². The van der Waals surface area contributed by atoms with Crippen LogP contribution in [0.25, 0.3) is 0 Å². The molecule has 0 spiro atoms. The van der Waals surface area contributed by atoms with Crippen molar-refractivity contribution in [3.05, 3.63) is 29.3 Å². The van der Waals surface area contributed by atoms with E-state index in [9.17, 15) is 9.90 Å². The molecule has 0 bridgehead atoms. The monoisotopic (exact) mass is 319 g/mol. The van der Waals surface area contributed by atoms with E-state index in [1.54, 1.807) is 12.1 Å². The van der Waals surface area contributed by atoms with E-state index in [1.165, 1.54) is 17.6 Å². The van der Waals surface area contributed by atoms with Gasteiger partial charge in [-0.2, -0.15) is 0 Å². The van der Waals surface area contributed by atoms with Crippen LogP contribution >= 0.6 is 0 Å². The topological polar surface area (TPSA) is 46.5 Å². The van der Waals surface area contributed by atoms with E-state index < -0.39 is 0 Å². The molecular formula is C11H12IO3-. The maximum atomic E-state index is 11.5. The number of carbonyl (C=O) groups excluding carboxylic acids is 1. The Balaban J connectivity index is 2.38. The minimum absolute atomic E-state index is 0.167. The normalized spacial score (nSPS) is 19.9. The number of carbonyl (C=O) groups is 1. The van der Waals surface area contributed by atoms with Crippen LogP contribution < -0.4 is 21.2 Å². The molecule has 1 atom stereocenters. The van der Waals surface area contributed by atoms with Gasteiger partial charge in [-0.15, -0.1) is 0 Å². The second kappa shape index (κ2) is 4.38. The molecule has 4 heteroatoms. The van der Waals surface area contributed by atoms with Crippen LogP contribution in [0.2, 0.25) is 0 Å². The number of esters is 1. The molecule has 1 aliphatic heterocycles. The van der Waals surface area contributed by atoms with Gasteiger partial charge in [0.1, 0.15) is 0 Å². The molecule has 1 aromatic carbocycles. The van der Waals surface area contributed by atoms with Crippen molar-refractivity contribution < 1.29 is 35.8 Å². The van der Waals surface area contributed by atoms with Crippen LogP contribution in [0.1, 0.15) is 26.3 Å². The van der Waals surface area contributed by atoms with Crippen molar-refractivity contribution in [2.45, 2.75) is 10.3 Å². The summed E-state index contributed by atoms with van der Waals surface area (Å²) in [6.07, 6.45) is 1.14. The predicted molar refractivity (Wildman–Crippen MR) is 51.7 cm³/mol. The van der Waals surface area contributed by atoms with E-state index in [-0.39, 0.29) is 32.9 Å². The molecule has 1 aliphatic rings. The number of ether oxygens (including phenoxy) is 1. The number of benzene rings is 1. The fourth-order valence-corrected chi connectivity index (χ4v) is 3.80. The van der Waals surface area contributed by atoms with Gasteiger partial charge >= 0.3 is 98.8 Å². The summed E-state index contributed by atoms with van der Waals surface area (Å²) in [7, 11) is 1.38. The zero-order chi connectivity index (χ0) is 10.8. The summed E-state index contributed by atoms with van der Waals surface area (Å²) in [5.41, 5.74) is 1.58. The molecule has 3 nitrogen and oxygen atoms in total. The quantitative estimate of drug-likeness (QED) is 0.419. The van der Waals surface area contributed by atoms with Crippen molar-refractivity contribution >= 4 is 5.97 Å². The first-order valence-electron chi connectivity index (χ1n) is 4.71. The molecule has 1 unspecified atom stereocenters. The molecule has 82 valence electrons. The minimum atomic E-state index is -0.305. The second-order valence-electron chi connectivity index (χ2n) is 3.36. The number of phenols is 1. The molecule has 1 saturated heterocycles. The number of halogens is 1. The molecule has 15 heavy (non-hydrogen) atoms. The first kappa shape index (κ1) is 10.7. The molecule has 0 saturated carbocycles. The number of hydrogen-bond donors (Lipinski definition) is 1. The average molecular weight is 319 g/mol. The third-order valence-electron chi connectivity index (χ3n) is 2.44. The van der Waals surface area contributed by atoms with Crippen LogP contribution in [0, 0.1) is 0 Å². The van der Waals surface area contributed by atoms with Crippen LogP contribution in [-0.2, 0) is 4.74 Å². The maximum absolute atomic E-state index is 11.5. The van der Waals surface area contributed by atoms with Crippen molar-refractivity contribution in [2.75, 3.05) is 11.5 Å². The molecule has 0 aliphatic carbocycles. The van der Waals surface area contributed by atoms with Crippen molar-refractivity contribution in [2.24, 2.45) is 0 Å². The van der Waals surface area contributed by atoms with Gasteiger partial charge in [0.25, 0.3) is 0 Å². The van der Waals surface area contributed by atoms with Crippen LogP contribution in [-0.4, -0.2) is 22.6 Å². The van der Waals surface area contributed by atoms with Gasteiger partial charge in [-0.25, -0.2) is 0 Å². The van der Waals surface area contributed by atoms with Gasteiger partial charge < -0.3 is 0 Å². The predicted octanol–water partition coefficient (Wildman–Crippen LogP) is -1.29. The molecule has 0 radical (unpaired) electrons. The zero-order valence-corrected chi connectivity index (χ0v) is 10.5. The standard InChI is InChI=1S/C11H12IO3/c1-15-11(14)8-3-2-7(13)6-9(8)10-4-5-12-10/h2-3,6,10,13H,4-5H2,1H3/q-1. The summed E-state index contributed by atoms with van der Waals surface area (Å²) in [5, 5.41) is 9.42. The van der Waals surface area contributed by atoms with Gasteiger partial charge in [0.2, 0.25) is 0 Å². The van der Waals surface area contributed by atoms with Crippen LogP contribution in [0.4, 0.5) is 0 Å². The third kappa shape index (κ3) is 2.09. The summed E-state index contributed by atoms with van der Waals surface area (Å²) in [6.45, 7) is 0. The summed E-state index contributed by atoms with van der Waals surface area (Å²) < 4.78 is 6.55. The Morgan fingerprint density at radius 2 is 2.33 bits per heavy atom. The summed E-state index contributed by atoms with van der Waals surface area (Å²) in [5.74, 6) is -0.0746. The van der Waals surface area contributed by atoms with E-state index in [0.717, 1.165) is 12.0 Å². The van der Waals surface area contributed by atoms with Crippen LogP contribution in [0.5, 0.6) is 5.75 Å². The summed E-state index contributed by atoms with van der Waals surface area (Å²) >= 11 is 0.167. The molecule has 0 aromatic heterocycles. The van der Waals surface area contributed by atoms with E-state index >= 15 is 0 Å². The summed E-state index contributed by atoms with van der Waals surface area (Å²) in [4.78, 5) is 11.5. The summed E-state index contributed by atoms with van der Waals surface area (Å²) in [6, 6.07) is 4.89. The number of aromatic hydroxyl groups is 1. The van der Waals surface area contributed by atoms with E-state index in [2.05, 4.69) is 0 Å². The number of methoxy groups -OCH3 is 1. The Hall–Kier alpha value is -0.780. The number of alkyl halides is 2. The number of rotatable bonds is 2. The Labute approximate surface area is 98.7 Å². The van der Waals surface area contributed by atoms with Gasteiger partial charge in [-0.05, 0) is 0 Å². The Morgan fingerprint density at radius 1 is 1.60 bits per heavy atom. The van der Waals surface area contributed by atoms with Crippen LogP contribution in [0.15, 0.2) is 18.2 Å². The fourth-order valence-electron chi connectivity index (χ4n) is 1.56. The molecule has 2 rings (SSSR count). The molecule has 1 heterocycles. The Morgan fingerprint density at radius 3 is 2.87 bits per heavy atom. The van der Waals surface area contributed by atoms with E-state index in [0.29, 0.717) is 9.49 Å². The van der Waals surface area contributed by atoms with Crippen LogP contribution in [0.3, 0.4) is 0 Å². The van der Waals surface area contributed by atoms with Gasteiger partial charge in [-0.1, -0.05) is 0 Å².